The third-order valence-corrected chi connectivity index (χ3v) is 5.52. The fourth-order valence-electron chi connectivity index (χ4n) is 3.69. The lowest BCUT2D eigenvalue weighted by Gasteiger charge is -2.27. The van der Waals surface area contributed by atoms with E-state index in [-0.39, 0.29) is 6.10 Å². The first-order chi connectivity index (χ1) is 14.7. The van der Waals surface area contributed by atoms with Crippen molar-refractivity contribution in [3.8, 4) is 5.75 Å². The highest BCUT2D eigenvalue weighted by molar-refractivity contribution is 5.80. The van der Waals surface area contributed by atoms with E-state index in [1.54, 1.807) is 13.4 Å². The van der Waals surface area contributed by atoms with E-state index in [0.717, 1.165) is 69.1 Å². The molecule has 3 rings (SSSR count). The number of methoxy groups -OCH3 is 1. The quantitative estimate of drug-likeness (QED) is 0.429. The van der Waals surface area contributed by atoms with Crippen LogP contribution in [0.2, 0.25) is 0 Å². The standard InChI is InChI=1S/C22H34N6O2/c1-3-21-27-25-16-28(21)15-14-24-22(26-18-6-8-19(29)9-7-18)23-13-12-17-4-10-20(30-2)11-5-17/h4-5,10-11,16,18-19,29H,3,6-9,12-15H2,1-2H3,(H2,23,24,26). The Balaban J connectivity index is 1.55. The monoisotopic (exact) mass is 414 g/mol. The summed E-state index contributed by atoms with van der Waals surface area (Å²) in [6.45, 7) is 4.32. The molecule has 0 aliphatic heterocycles. The maximum Gasteiger partial charge on any atom is 0.191 e. The molecule has 164 valence electrons. The molecule has 1 aliphatic rings. The molecule has 0 radical (unpaired) electrons. The molecular formula is C22H34N6O2. The number of nitrogens with one attached hydrogen (secondary N) is 2. The minimum absolute atomic E-state index is 0.160. The van der Waals surface area contributed by atoms with Gasteiger partial charge in [-0.3, -0.25) is 4.99 Å². The van der Waals surface area contributed by atoms with E-state index in [0.29, 0.717) is 12.6 Å². The van der Waals surface area contributed by atoms with Gasteiger partial charge in [0.2, 0.25) is 0 Å². The summed E-state index contributed by atoms with van der Waals surface area (Å²) in [7, 11) is 1.68. The normalized spacial score (nSPS) is 19.5. The van der Waals surface area contributed by atoms with Gasteiger partial charge in [0.05, 0.1) is 13.2 Å². The van der Waals surface area contributed by atoms with E-state index < -0.39 is 0 Å². The number of hydrogen-bond donors (Lipinski definition) is 3. The first-order valence-electron chi connectivity index (χ1n) is 10.9. The topological polar surface area (TPSA) is 96.6 Å². The molecule has 1 aromatic carbocycles. The van der Waals surface area contributed by atoms with Crippen LogP contribution in [0.5, 0.6) is 5.75 Å². The van der Waals surface area contributed by atoms with Crippen LogP contribution < -0.4 is 15.4 Å². The van der Waals surface area contributed by atoms with Crippen LogP contribution in [0.3, 0.4) is 0 Å². The number of aliphatic hydroxyl groups excluding tert-OH is 1. The Morgan fingerprint density at radius 2 is 2.00 bits per heavy atom. The van der Waals surface area contributed by atoms with E-state index in [1.165, 1.54) is 5.56 Å². The van der Waals surface area contributed by atoms with Gasteiger partial charge in [-0.2, -0.15) is 0 Å². The van der Waals surface area contributed by atoms with Gasteiger partial charge in [-0.1, -0.05) is 19.1 Å². The van der Waals surface area contributed by atoms with Crippen molar-refractivity contribution in [2.24, 2.45) is 4.99 Å². The summed E-state index contributed by atoms with van der Waals surface area (Å²) in [5.74, 6) is 2.69. The van der Waals surface area contributed by atoms with Crippen LogP contribution >= 0.6 is 0 Å². The number of aromatic nitrogens is 3. The first-order valence-corrected chi connectivity index (χ1v) is 10.9. The number of hydrogen-bond acceptors (Lipinski definition) is 5. The Kier molecular flexibility index (Phi) is 8.50. The summed E-state index contributed by atoms with van der Waals surface area (Å²) in [4.78, 5) is 4.80. The molecule has 0 bridgehead atoms. The lowest BCUT2D eigenvalue weighted by Crippen LogP contribution is -2.46. The molecule has 1 aromatic heterocycles. The van der Waals surface area contributed by atoms with E-state index >= 15 is 0 Å². The largest absolute Gasteiger partial charge is 0.497 e. The number of guanidine groups is 1. The minimum Gasteiger partial charge on any atom is -0.497 e. The molecule has 2 aromatic rings. The first kappa shape index (κ1) is 22.1. The van der Waals surface area contributed by atoms with Crippen LogP contribution in [-0.4, -0.2) is 58.2 Å². The van der Waals surface area contributed by atoms with Gasteiger partial charge in [-0.15, -0.1) is 10.2 Å². The van der Waals surface area contributed by atoms with Crippen molar-refractivity contribution < 1.29 is 9.84 Å². The van der Waals surface area contributed by atoms with Crippen molar-refractivity contribution in [3.05, 3.63) is 42.0 Å². The Morgan fingerprint density at radius 3 is 2.70 bits per heavy atom. The lowest BCUT2D eigenvalue weighted by molar-refractivity contribution is 0.120. The highest BCUT2D eigenvalue weighted by atomic mass is 16.5. The van der Waals surface area contributed by atoms with Crippen molar-refractivity contribution in [3.63, 3.8) is 0 Å². The van der Waals surface area contributed by atoms with Gasteiger partial charge in [0.25, 0.3) is 0 Å². The average Bonchev–Trinajstić information content (AvgIpc) is 3.23. The van der Waals surface area contributed by atoms with Crippen LogP contribution in [-0.2, 0) is 19.4 Å². The summed E-state index contributed by atoms with van der Waals surface area (Å²) in [5.41, 5.74) is 1.23. The van der Waals surface area contributed by atoms with Gasteiger partial charge >= 0.3 is 0 Å². The van der Waals surface area contributed by atoms with E-state index in [9.17, 15) is 5.11 Å². The summed E-state index contributed by atoms with van der Waals surface area (Å²) < 4.78 is 7.29. The molecule has 1 saturated carbocycles. The molecule has 0 atom stereocenters. The Labute approximate surface area is 178 Å². The average molecular weight is 415 g/mol. The van der Waals surface area contributed by atoms with Gasteiger partial charge < -0.3 is 25.0 Å². The number of ether oxygens (including phenoxy) is 1. The summed E-state index contributed by atoms with van der Waals surface area (Å²) in [5, 5.41) is 24.9. The fraction of sp³-hybridized carbons (Fsp3) is 0.591. The number of rotatable bonds is 9. The zero-order valence-corrected chi connectivity index (χ0v) is 18.0. The molecule has 3 N–H and O–H groups in total. The van der Waals surface area contributed by atoms with Crippen molar-refractivity contribution in [1.29, 1.82) is 0 Å². The molecule has 0 unspecified atom stereocenters. The van der Waals surface area contributed by atoms with Crippen LogP contribution in [0, 0.1) is 0 Å². The van der Waals surface area contributed by atoms with E-state index in [2.05, 4.69) is 44.5 Å². The number of aliphatic imine (C=N–C) groups is 1. The number of aryl methyl sites for hydroxylation is 1. The third-order valence-electron chi connectivity index (χ3n) is 5.52. The third kappa shape index (κ3) is 6.73. The smallest absolute Gasteiger partial charge is 0.191 e. The predicted molar refractivity (Wildman–Crippen MR) is 118 cm³/mol. The molecule has 1 heterocycles. The van der Waals surface area contributed by atoms with Crippen molar-refractivity contribution >= 4 is 5.96 Å². The van der Waals surface area contributed by atoms with Crippen LogP contribution in [0.1, 0.15) is 44.0 Å². The minimum atomic E-state index is -0.160. The second kappa shape index (κ2) is 11.5. The van der Waals surface area contributed by atoms with Gasteiger partial charge in [-0.05, 0) is 49.8 Å². The van der Waals surface area contributed by atoms with Crippen LogP contribution in [0.4, 0.5) is 0 Å². The number of nitrogens with zero attached hydrogens (tertiary/aromatic N) is 4. The van der Waals surface area contributed by atoms with Crippen molar-refractivity contribution in [2.75, 3.05) is 20.2 Å². The predicted octanol–water partition coefficient (Wildman–Crippen LogP) is 1.93. The van der Waals surface area contributed by atoms with E-state index in [1.807, 2.05) is 12.1 Å². The summed E-state index contributed by atoms with van der Waals surface area (Å²) in [6, 6.07) is 8.47. The molecule has 0 spiro atoms. The van der Waals surface area contributed by atoms with Crippen LogP contribution in [0.15, 0.2) is 35.6 Å². The Bertz CT molecular complexity index is 781. The summed E-state index contributed by atoms with van der Waals surface area (Å²) in [6.07, 6.45) is 6.97. The zero-order valence-electron chi connectivity index (χ0n) is 18.0. The van der Waals surface area contributed by atoms with Gasteiger partial charge in [-0.25, -0.2) is 0 Å². The van der Waals surface area contributed by atoms with Crippen molar-refractivity contribution in [2.45, 2.75) is 64.1 Å². The maximum absolute atomic E-state index is 9.77. The van der Waals surface area contributed by atoms with Gasteiger partial charge in [0.15, 0.2) is 5.96 Å². The second-order valence-electron chi connectivity index (χ2n) is 7.70. The summed E-state index contributed by atoms with van der Waals surface area (Å²) >= 11 is 0. The Morgan fingerprint density at radius 1 is 1.23 bits per heavy atom. The Hall–Kier alpha value is -2.61. The molecule has 1 aliphatic carbocycles. The maximum atomic E-state index is 9.77. The van der Waals surface area contributed by atoms with Crippen LogP contribution in [0.25, 0.3) is 0 Å². The van der Waals surface area contributed by atoms with Crippen molar-refractivity contribution in [1.82, 2.24) is 25.4 Å². The zero-order chi connectivity index (χ0) is 21.2. The highest BCUT2D eigenvalue weighted by Gasteiger charge is 2.20. The lowest BCUT2D eigenvalue weighted by atomic mass is 9.93. The molecule has 8 nitrogen and oxygen atoms in total. The van der Waals surface area contributed by atoms with Gasteiger partial charge in [0, 0.05) is 32.1 Å². The van der Waals surface area contributed by atoms with Gasteiger partial charge in [0.1, 0.15) is 17.9 Å². The number of aliphatic hydroxyl groups is 1. The molecule has 8 heteroatoms. The molecule has 30 heavy (non-hydrogen) atoms. The molecule has 0 amide bonds. The molecule has 1 fully saturated rings. The number of benzene rings is 1. The SMILES string of the molecule is CCc1nncn1CCNC(=NCCc1ccc(OC)cc1)NC1CCC(O)CC1. The van der Waals surface area contributed by atoms with E-state index in [4.69, 9.17) is 9.73 Å². The second-order valence-corrected chi connectivity index (χ2v) is 7.70. The molecule has 0 saturated heterocycles. The fourth-order valence-corrected chi connectivity index (χ4v) is 3.69. The molecular weight excluding hydrogens is 380 g/mol. The highest BCUT2D eigenvalue weighted by Crippen LogP contribution is 2.18.